The van der Waals surface area contributed by atoms with Crippen molar-refractivity contribution in [2.45, 2.75) is 72.2 Å². The highest BCUT2D eigenvalue weighted by molar-refractivity contribution is 7.52. The molecule has 0 fully saturated rings. The number of alkyl halides is 3. The van der Waals surface area contributed by atoms with Crippen LogP contribution in [0.4, 0.5) is 19.0 Å². The maximum Gasteiger partial charge on any atom is 0.459 e. The molecule has 4 aromatic rings. The second-order valence-electron chi connectivity index (χ2n) is 10.4. The summed E-state index contributed by atoms with van der Waals surface area (Å²) < 4.78 is 77.7. The molecule has 0 aliphatic carbocycles. The number of nitrogens with one attached hydrogen (secondary N) is 1. The van der Waals surface area contributed by atoms with Crippen LogP contribution in [0.5, 0.6) is 5.75 Å². The van der Waals surface area contributed by atoms with Crippen molar-refractivity contribution in [3.63, 3.8) is 0 Å². The van der Waals surface area contributed by atoms with E-state index >= 15 is 0 Å². The number of benzene rings is 2. The normalized spacial score (nSPS) is 14.9. The number of pyridine rings is 1. The fourth-order valence-corrected chi connectivity index (χ4v) is 6.15. The van der Waals surface area contributed by atoms with Gasteiger partial charge in [0.25, 0.3) is 0 Å². The molecule has 15 heteroatoms. The van der Waals surface area contributed by atoms with Crippen molar-refractivity contribution in [2.75, 3.05) is 12.3 Å². The summed E-state index contributed by atoms with van der Waals surface area (Å²) in [5.41, 5.74) is 7.11. The lowest BCUT2D eigenvalue weighted by Crippen LogP contribution is -2.37. The fraction of sp³-hybridized carbons (Fsp3) is 0.414. The van der Waals surface area contributed by atoms with E-state index in [2.05, 4.69) is 15.1 Å². The molecular formula is C29H35F3N5O6P. The smallest absolute Gasteiger partial charge is 0.459 e. The molecule has 2 aromatic heterocycles. The standard InChI is InChI=1S/C29H35F3N5O6P/c1-6-40-16-24-35-25-26(22-9-7-8-10-23(22)34-27(25)33)37(24)15-18(4)42-44(39,36-19(5)28(38)41-17(2)3)43-21-13-11-20(12-14-21)29(30,31)32/h7-14,17-19H,6,15-16H2,1-5H3,(H2,33,34)(H,36,39)/t18-,19-,44+/m0/s1. The SMILES string of the molecule is CCOCc1nc2c(N)nc3ccccc3c2n1C[C@H](C)O[P@](=O)(N[C@@H](C)C(=O)OC(C)C)Oc1ccc(C(F)(F)F)cc1. The molecule has 2 heterocycles. The van der Waals surface area contributed by atoms with Crippen LogP contribution in [0.1, 0.15) is 46.0 Å². The molecule has 4 rings (SSSR count). The molecule has 0 bridgehead atoms. The van der Waals surface area contributed by atoms with E-state index in [9.17, 15) is 22.5 Å². The number of nitrogen functional groups attached to an aromatic ring is 1. The lowest BCUT2D eigenvalue weighted by molar-refractivity contribution is -0.149. The molecule has 238 valence electrons. The Kier molecular flexibility index (Phi) is 10.2. The minimum atomic E-state index is -4.57. The predicted molar refractivity (Wildman–Crippen MR) is 159 cm³/mol. The Balaban J connectivity index is 1.69. The number of esters is 1. The van der Waals surface area contributed by atoms with Crippen molar-refractivity contribution in [1.29, 1.82) is 0 Å². The van der Waals surface area contributed by atoms with Gasteiger partial charge in [-0.1, -0.05) is 18.2 Å². The van der Waals surface area contributed by atoms with Crippen LogP contribution in [-0.2, 0) is 42.7 Å². The summed E-state index contributed by atoms with van der Waals surface area (Å²) in [6, 6.07) is 9.86. The summed E-state index contributed by atoms with van der Waals surface area (Å²) in [5, 5.41) is 3.33. The molecule has 3 N–H and O–H groups in total. The van der Waals surface area contributed by atoms with Crippen LogP contribution >= 0.6 is 7.75 Å². The van der Waals surface area contributed by atoms with E-state index < -0.39 is 43.7 Å². The molecule has 0 saturated heterocycles. The zero-order chi connectivity index (χ0) is 32.2. The first kappa shape index (κ1) is 33.2. The van der Waals surface area contributed by atoms with E-state index in [1.807, 2.05) is 35.8 Å². The van der Waals surface area contributed by atoms with Crippen LogP contribution in [0.25, 0.3) is 21.9 Å². The number of para-hydroxylation sites is 1. The van der Waals surface area contributed by atoms with Gasteiger partial charge in [0, 0.05) is 12.0 Å². The first-order valence-electron chi connectivity index (χ1n) is 14.0. The van der Waals surface area contributed by atoms with Crippen molar-refractivity contribution in [2.24, 2.45) is 0 Å². The second kappa shape index (κ2) is 13.5. The average molecular weight is 638 g/mol. The molecule has 0 aliphatic rings. The molecule has 0 spiro atoms. The van der Waals surface area contributed by atoms with Gasteiger partial charge >= 0.3 is 19.9 Å². The largest absolute Gasteiger partial charge is 0.462 e. The Morgan fingerprint density at radius 1 is 1.07 bits per heavy atom. The number of anilines is 1. The molecule has 0 saturated carbocycles. The number of fused-ring (bicyclic) bond motifs is 3. The number of carbonyl (C=O) groups excluding carboxylic acids is 1. The van der Waals surface area contributed by atoms with Crippen molar-refractivity contribution >= 4 is 41.5 Å². The highest BCUT2D eigenvalue weighted by Crippen LogP contribution is 2.47. The number of nitrogens with zero attached hydrogens (tertiary/aromatic N) is 3. The summed E-state index contributed by atoms with van der Waals surface area (Å²) in [6.45, 7) is 8.84. The van der Waals surface area contributed by atoms with E-state index in [1.165, 1.54) is 6.92 Å². The number of imidazole rings is 1. The highest BCUT2D eigenvalue weighted by Gasteiger charge is 2.36. The first-order valence-corrected chi connectivity index (χ1v) is 15.5. The van der Waals surface area contributed by atoms with Gasteiger partial charge in [-0.2, -0.15) is 18.3 Å². The molecule has 0 aliphatic heterocycles. The minimum Gasteiger partial charge on any atom is -0.462 e. The van der Waals surface area contributed by atoms with Gasteiger partial charge in [-0.25, -0.2) is 14.5 Å². The van der Waals surface area contributed by atoms with Crippen LogP contribution < -0.4 is 15.3 Å². The summed E-state index contributed by atoms with van der Waals surface area (Å²) >= 11 is 0. The second-order valence-corrected chi connectivity index (χ2v) is 12.0. The quantitative estimate of drug-likeness (QED) is 0.128. The zero-order valence-electron chi connectivity index (χ0n) is 24.9. The molecule has 0 amide bonds. The Morgan fingerprint density at radius 2 is 1.75 bits per heavy atom. The van der Waals surface area contributed by atoms with Gasteiger partial charge in [0.1, 0.15) is 29.7 Å². The van der Waals surface area contributed by atoms with E-state index in [-0.39, 0.29) is 24.7 Å². The predicted octanol–water partition coefficient (Wildman–Crippen LogP) is 6.24. The van der Waals surface area contributed by atoms with Crippen molar-refractivity contribution in [3.8, 4) is 5.75 Å². The van der Waals surface area contributed by atoms with Crippen LogP contribution in [-0.4, -0.2) is 45.4 Å². The summed E-state index contributed by atoms with van der Waals surface area (Å²) in [6.07, 6.45) is -5.88. The minimum absolute atomic E-state index is 0.0826. The molecule has 44 heavy (non-hydrogen) atoms. The molecule has 0 radical (unpaired) electrons. The van der Waals surface area contributed by atoms with Crippen LogP contribution in [0.2, 0.25) is 0 Å². The third kappa shape index (κ3) is 7.86. The van der Waals surface area contributed by atoms with Gasteiger partial charge in [0.05, 0.1) is 35.3 Å². The van der Waals surface area contributed by atoms with Gasteiger partial charge in [-0.05, 0) is 65.0 Å². The number of hydrogen-bond donors (Lipinski definition) is 2. The molecule has 11 nitrogen and oxygen atoms in total. The Labute approximate surface area is 252 Å². The Bertz CT molecular complexity index is 1660. The summed E-state index contributed by atoms with van der Waals surface area (Å²) in [5.74, 6) is -0.149. The number of carbonyl (C=O) groups is 1. The number of halogens is 3. The van der Waals surface area contributed by atoms with Crippen molar-refractivity contribution in [3.05, 3.63) is 59.9 Å². The monoisotopic (exact) mass is 637 g/mol. The Hall–Kier alpha value is -3.71. The van der Waals surface area contributed by atoms with Crippen molar-refractivity contribution < 1.29 is 41.1 Å². The van der Waals surface area contributed by atoms with E-state index in [0.717, 1.165) is 29.7 Å². The van der Waals surface area contributed by atoms with Gasteiger partial charge in [0.15, 0.2) is 5.82 Å². The molecular weight excluding hydrogens is 602 g/mol. The highest BCUT2D eigenvalue weighted by atomic mass is 31.2. The molecule has 2 aromatic carbocycles. The molecule has 3 atom stereocenters. The average Bonchev–Trinajstić information content (AvgIpc) is 3.29. The van der Waals surface area contributed by atoms with Crippen molar-refractivity contribution in [1.82, 2.24) is 19.6 Å². The third-order valence-corrected chi connectivity index (χ3v) is 8.14. The van der Waals surface area contributed by atoms with Gasteiger partial charge in [-0.3, -0.25) is 9.32 Å². The zero-order valence-corrected chi connectivity index (χ0v) is 25.8. The third-order valence-electron chi connectivity index (χ3n) is 6.35. The van der Waals surface area contributed by atoms with Gasteiger partial charge < -0.3 is 24.3 Å². The Morgan fingerprint density at radius 3 is 2.39 bits per heavy atom. The first-order chi connectivity index (χ1) is 20.7. The number of aromatic nitrogens is 3. The lowest BCUT2D eigenvalue weighted by atomic mass is 10.2. The maximum absolute atomic E-state index is 14.1. The van der Waals surface area contributed by atoms with Crippen LogP contribution in [0, 0.1) is 0 Å². The number of rotatable bonds is 13. The van der Waals surface area contributed by atoms with Crippen LogP contribution in [0.3, 0.4) is 0 Å². The van der Waals surface area contributed by atoms with Gasteiger partial charge in [0.2, 0.25) is 0 Å². The topological polar surface area (TPSA) is 140 Å². The fourth-order valence-electron chi connectivity index (χ4n) is 4.48. The molecule has 0 unspecified atom stereocenters. The van der Waals surface area contributed by atoms with Crippen LogP contribution in [0.15, 0.2) is 48.5 Å². The van der Waals surface area contributed by atoms with E-state index in [4.69, 9.17) is 24.3 Å². The summed E-state index contributed by atoms with van der Waals surface area (Å²) in [4.78, 5) is 21.7. The van der Waals surface area contributed by atoms with E-state index in [1.54, 1.807) is 20.8 Å². The number of ether oxygens (including phenoxy) is 2. The number of hydrogen-bond acceptors (Lipinski definition) is 9. The number of nitrogens with two attached hydrogens (primary N) is 1. The lowest BCUT2D eigenvalue weighted by Gasteiger charge is -2.26. The summed E-state index contributed by atoms with van der Waals surface area (Å²) in [7, 11) is -4.41. The van der Waals surface area contributed by atoms with Gasteiger partial charge in [-0.15, -0.1) is 0 Å². The van der Waals surface area contributed by atoms with E-state index in [0.29, 0.717) is 29.0 Å². The maximum atomic E-state index is 14.1.